The first-order valence-corrected chi connectivity index (χ1v) is 0. The van der Waals surface area contributed by atoms with Gasteiger partial charge in [0.15, 0.2) is 0 Å². The van der Waals surface area contributed by atoms with Crippen molar-refractivity contribution in [3.8, 4) is 0 Å². The van der Waals surface area contributed by atoms with Gasteiger partial charge in [-0.15, -0.1) is 12.4 Å². The second-order valence-corrected chi connectivity index (χ2v) is 0. The summed E-state index contributed by atoms with van der Waals surface area (Å²) in [7, 11) is 0. The molecular weight excluding hydrogens is 311 g/mol. The molecule has 0 saturated heterocycles. The van der Waals surface area contributed by atoms with Crippen molar-refractivity contribution in [3.05, 3.63) is 0 Å². The first-order chi connectivity index (χ1) is 0. The van der Waals surface area contributed by atoms with Crippen molar-refractivity contribution in [1.82, 2.24) is 6.15 Å². The Labute approximate surface area is 95.2 Å². The minimum atomic E-state index is 0. The van der Waals surface area contributed by atoms with Crippen molar-refractivity contribution in [2.75, 3.05) is 0 Å². The van der Waals surface area contributed by atoms with Crippen molar-refractivity contribution >= 4 is 12.4 Å². The molecule has 0 aromatic rings. The van der Waals surface area contributed by atoms with E-state index in [1.807, 2.05) is 0 Å². The Kier molecular flexibility index (Phi) is 543. The summed E-state index contributed by atoms with van der Waals surface area (Å²) < 4.78 is 0. The fraction of sp³-hybridized carbons (Fsp3) is 0. The van der Waals surface area contributed by atoms with E-state index in [1.165, 1.54) is 0 Å². The van der Waals surface area contributed by atoms with Gasteiger partial charge >= 0.3 is 0 Å². The van der Waals surface area contributed by atoms with Crippen LogP contribution in [0.2, 0.25) is 0 Å². The van der Waals surface area contributed by atoms with Crippen LogP contribution < -0.4 is 6.15 Å². The molecular formula is H4ClNZn4. The zero-order valence-corrected chi connectivity index (χ0v) is 16.6. The molecule has 0 aliphatic heterocycles. The zero-order valence-electron chi connectivity index (χ0n) is 3.94. The summed E-state index contributed by atoms with van der Waals surface area (Å²) in [6, 6.07) is 0. The molecule has 0 bridgehead atoms. The molecule has 0 unspecified atom stereocenters. The number of hydrogen-bond acceptors (Lipinski definition) is 1. The van der Waals surface area contributed by atoms with E-state index in [-0.39, 0.29) is 96.5 Å². The minimum Gasteiger partial charge on any atom is -0.344 e. The monoisotopic (exact) mass is 309 g/mol. The van der Waals surface area contributed by atoms with Gasteiger partial charge < -0.3 is 6.15 Å². The van der Waals surface area contributed by atoms with Crippen molar-refractivity contribution < 1.29 is 77.9 Å². The fourth-order valence-corrected chi connectivity index (χ4v) is 0. The Morgan fingerprint density at radius 3 is 0.500 bits per heavy atom. The predicted octanol–water partition coefficient (Wildman–Crippen LogP) is 0.574. The average molecular weight is 315 g/mol. The molecule has 0 heterocycles. The second kappa shape index (κ2) is 46.8. The van der Waals surface area contributed by atoms with Gasteiger partial charge in [0.05, 0.1) is 0 Å². The maximum atomic E-state index is 0. The van der Waals surface area contributed by atoms with Crippen molar-refractivity contribution in [1.29, 1.82) is 0 Å². The molecule has 0 saturated carbocycles. The van der Waals surface area contributed by atoms with Gasteiger partial charge in [-0.05, 0) is 0 Å². The number of rotatable bonds is 0. The van der Waals surface area contributed by atoms with Gasteiger partial charge in [-0.3, -0.25) is 0 Å². The van der Waals surface area contributed by atoms with Crippen LogP contribution in [0.3, 0.4) is 0 Å². The van der Waals surface area contributed by atoms with E-state index in [1.54, 1.807) is 0 Å². The zero-order chi connectivity index (χ0) is 0. The normalized spacial score (nSPS) is 0. The predicted molar refractivity (Wildman–Crippen MR) is 12.3 cm³/mol. The molecule has 0 spiro atoms. The fourth-order valence-electron chi connectivity index (χ4n) is 0. The van der Waals surface area contributed by atoms with Crippen LogP contribution in [0, 0.1) is 0 Å². The Morgan fingerprint density at radius 2 is 0.500 bits per heavy atom. The van der Waals surface area contributed by atoms with Gasteiger partial charge in [0.25, 0.3) is 0 Å². The Hall–Kier alpha value is 2.74. The molecule has 0 amide bonds. The Bertz CT molecular complexity index is 7.51. The Balaban J connectivity index is 0. The smallest absolute Gasteiger partial charge is 0 e. The molecule has 0 aromatic carbocycles. The second-order valence-electron chi connectivity index (χ2n) is 0. The standard InChI is InChI=1S/ClH.H3N.4Zn/h1H;1H3;;;;. The maximum absolute atomic E-state index is 0. The van der Waals surface area contributed by atoms with E-state index < -0.39 is 0 Å². The molecule has 0 rings (SSSR count). The van der Waals surface area contributed by atoms with Crippen LogP contribution in [-0.2, 0) is 77.9 Å². The van der Waals surface area contributed by atoms with Crippen LogP contribution in [0.5, 0.6) is 0 Å². The average Bonchev–Trinajstić information content (AvgIpc) is 0. The molecule has 0 radical (unpaired) electrons. The molecule has 24 valence electrons. The summed E-state index contributed by atoms with van der Waals surface area (Å²) in [5.41, 5.74) is 0. The molecule has 0 atom stereocenters. The largest absolute Gasteiger partial charge is 0.344 e. The molecule has 0 aliphatic rings. The molecule has 0 aromatic heterocycles. The molecule has 3 N–H and O–H groups in total. The van der Waals surface area contributed by atoms with E-state index in [0.29, 0.717) is 0 Å². The van der Waals surface area contributed by atoms with Gasteiger partial charge in [-0.1, -0.05) is 0 Å². The summed E-state index contributed by atoms with van der Waals surface area (Å²) in [5, 5.41) is 0. The molecule has 0 aliphatic carbocycles. The van der Waals surface area contributed by atoms with E-state index in [4.69, 9.17) is 0 Å². The third-order valence-corrected chi connectivity index (χ3v) is 0. The Morgan fingerprint density at radius 1 is 0.500 bits per heavy atom. The van der Waals surface area contributed by atoms with Crippen molar-refractivity contribution in [3.63, 3.8) is 0 Å². The van der Waals surface area contributed by atoms with Gasteiger partial charge in [-0.2, -0.15) is 0 Å². The molecule has 6 heteroatoms. The number of hydrogen-bond donors (Lipinski definition) is 1. The quantitative estimate of drug-likeness (QED) is 0.652. The first kappa shape index (κ1) is 69.7. The summed E-state index contributed by atoms with van der Waals surface area (Å²) in [6.45, 7) is 0. The van der Waals surface area contributed by atoms with Crippen molar-refractivity contribution in [2.45, 2.75) is 0 Å². The minimum absolute atomic E-state index is 0. The van der Waals surface area contributed by atoms with Crippen molar-refractivity contribution in [2.24, 2.45) is 0 Å². The summed E-state index contributed by atoms with van der Waals surface area (Å²) >= 11 is 0. The molecule has 0 fully saturated rings. The van der Waals surface area contributed by atoms with Gasteiger partial charge in [0.2, 0.25) is 0 Å². The van der Waals surface area contributed by atoms with Gasteiger partial charge in [0.1, 0.15) is 0 Å². The van der Waals surface area contributed by atoms with Crippen LogP contribution in [0.4, 0.5) is 0 Å². The van der Waals surface area contributed by atoms with E-state index >= 15 is 0 Å². The topological polar surface area (TPSA) is 35.0 Å². The molecule has 6 heavy (non-hydrogen) atoms. The maximum Gasteiger partial charge on any atom is 0 e. The summed E-state index contributed by atoms with van der Waals surface area (Å²) in [5.74, 6) is 0. The van der Waals surface area contributed by atoms with Crippen LogP contribution in [0.1, 0.15) is 0 Å². The van der Waals surface area contributed by atoms with E-state index in [2.05, 4.69) is 0 Å². The first-order valence-electron chi connectivity index (χ1n) is 0. The van der Waals surface area contributed by atoms with Crippen LogP contribution in [0.15, 0.2) is 0 Å². The number of halogens is 1. The van der Waals surface area contributed by atoms with Crippen LogP contribution in [-0.4, -0.2) is 0 Å². The third kappa shape index (κ3) is 29.6. The van der Waals surface area contributed by atoms with E-state index in [9.17, 15) is 0 Å². The van der Waals surface area contributed by atoms with Gasteiger partial charge in [0, 0.05) is 77.9 Å². The van der Waals surface area contributed by atoms with Gasteiger partial charge in [-0.25, -0.2) is 0 Å². The summed E-state index contributed by atoms with van der Waals surface area (Å²) in [4.78, 5) is 0. The summed E-state index contributed by atoms with van der Waals surface area (Å²) in [6.07, 6.45) is 0. The third-order valence-electron chi connectivity index (χ3n) is 0. The SMILES string of the molecule is Cl.N.[Zn].[Zn].[Zn].[Zn]. The van der Waals surface area contributed by atoms with Crippen LogP contribution >= 0.6 is 12.4 Å². The van der Waals surface area contributed by atoms with Crippen LogP contribution in [0.25, 0.3) is 0 Å². The van der Waals surface area contributed by atoms with E-state index in [0.717, 1.165) is 0 Å². The molecule has 1 nitrogen and oxygen atoms in total.